The fraction of sp³-hybridized carbons (Fsp3) is 0.316. The van der Waals surface area contributed by atoms with Crippen LogP contribution in [-0.2, 0) is 13.2 Å². The molecule has 1 aliphatic rings. The van der Waals surface area contributed by atoms with Crippen LogP contribution in [-0.4, -0.2) is 33.3 Å². The van der Waals surface area contributed by atoms with Gasteiger partial charge >= 0.3 is 0 Å². The van der Waals surface area contributed by atoms with Crippen LogP contribution < -0.4 is 19.5 Å². The number of carbonyl (C=O) groups excluding carboxylic acids is 1. The lowest BCUT2D eigenvalue weighted by atomic mass is 10.2. The van der Waals surface area contributed by atoms with E-state index in [1.807, 2.05) is 17.7 Å². The van der Waals surface area contributed by atoms with Gasteiger partial charge in [0, 0.05) is 31.0 Å². The minimum atomic E-state index is -0.287. The van der Waals surface area contributed by atoms with Crippen LogP contribution in [0.4, 0.5) is 0 Å². The SMILES string of the molecule is CCC(Cn1ccnc1)NC(=O)c1coc(COc2ccc3c(c2)OCO3)n1. The van der Waals surface area contributed by atoms with Crippen molar-refractivity contribution < 1.29 is 23.4 Å². The first kappa shape index (κ1) is 17.9. The zero-order chi connectivity index (χ0) is 19.3. The third kappa shape index (κ3) is 4.08. The van der Waals surface area contributed by atoms with Gasteiger partial charge < -0.3 is 28.5 Å². The van der Waals surface area contributed by atoms with Gasteiger partial charge in [-0.05, 0) is 18.6 Å². The molecule has 0 saturated carbocycles. The number of rotatable bonds is 8. The molecule has 1 N–H and O–H groups in total. The van der Waals surface area contributed by atoms with E-state index in [0.29, 0.717) is 29.7 Å². The topological polar surface area (TPSA) is 101 Å². The zero-order valence-electron chi connectivity index (χ0n) is 15.3. The first-order valence-corrected chi connectivity index (χ1v) is 8.94. The van der Waals surface area contributed by atoms with E-state index in [9.17, 15) is 4.79 Å². The fourth-order valence-electron chi connectivity index (χ4n) is 2.78. The standard InChI is InChI=1S/C19H20N4O5/c1-2-13(8-23-6-5-20-11-23)21-19(24)15-9-26-18(22-15)10-25-14-3-4-16-17(7-14)28-12-27-16/h3-7,9,11,13H,2,8,10,12H2,1H3,(H,21,24). The molecule has 28 heavy (non-hydrogen) atoms. The maximum Gasteiger partial charge on any atom is 0.273 e. The van der Waals surface area contributed by atoms with Gasteiger partial charge in [-0.1, -0.05) is 6.92 Å². The molecular formula is C19H20N4O5. The summed E-state index contributed by atoms with van der Waals surface area (Å²) in [6, 6.07) is 5.25. The summed E-state index contributed by atoms with van der Waals surface area (Å²) in [7, 11) is 0. The van der Waals surface area contributed by atoms with Gasteiger partial charge in [-0.15, -0.1) is 0 Å². The number of benzene rings is 1. The van der Waals surface area contributed by atoms with Gasteiger partial charge in [0.05, 0.1) is 6.33 Å². The first-order chi connectivity index (χ1) is 13.7. The minimum absolute atomic E-state index is 0.0354. The number of ether oxygens (including phenoxy) is 3. The zero-order valence-corrected chi connectivity index (χ0v) is 15.3. The summed E-state index contributed by atoms with van der Waals surface area (Å²) in [4.78, 5) is 20.6. The van der Waals surface area contributed by atoms with Crippen LogP contribution in [0.3, 0.4) is 0 Å². The number of aromatic nitrogens is 3. The molecule has 3 aromatic rings. The molecule has 0 spiro atoms. The highest BCUT2D eigenvalue weighted by Gasteiger charge is 2.18. The van der Waals surface area contributed by atoms with Crippen molar-refractivity contribution in [3.05, 3.63) is 54.8 Å². The van der Waals surface area contributed by atoms with Gasteiger partial charge in [0.2, 0.25) is 12.7 Å². The van der Waals surface area contributed by atoms with Gasteiger partial charge in [0.1, 0.15) is 12.0 Å². The Bertz CT molecular complexity index is 938. The Hall–Kier alpha value is -3.49. The van der Waals surface area contributed by atoms with E-state index >= 15 is 0 Å². The average molecular weight is 384 g/mol. The Morgan fingerprint density at radius 2 is 2.25 bits per heavy atom. The molecule has 0 fully saturated rings. The predicted octanol–water partition coefficient (Wildman–Crippen LogP) is 2.39. The summed E-state index contributed by atoms with van der Waals surface area (Å²) in [5, 5.41) is 2.96. The Labute approximate surface area is 161 Å². The van der Waals surface area contributed by atoms with Gasteiger partial charge in [0.15, 0.2) is 23.8 Å². The van der Waals surface area contributed by atoms with Crippen LogP contribution in [0, 0.1) is 0 Å². The molecule has 1 atom stereocenters. The molecule has 2 aromatic heterocycles. The molecule has 1 aliphatic heterocycles. The molecule has 3 heterocycles. The Balaban J connectivity index is 1.32. The van der Waals surface area contributed by atoms with Crippen molar-refractivity contribution >= 4 is 5.91 Å². The van der Waals surface area contributed by atoms with Crippen molar-refractivity contribution in [3.8, 4) is 17.2 Å². The van der Waals surface area contributed by atoms with Crippen molar-refractivity contribution in [1.82, 2.24) is 19.9 Å². The molecule has 0 saturated heterocycles. The summed E-state index contributed by atoms with van der Waals surface area (Å²) in [6.07, 6.45) is 7.39. The number of amides is 1. The maximum atomic E-state index is 12.4. The molecule has 4 rings (SSSR count). The summed E-state index contributed by atoms with van der Waals surface area (Å²) < 4.78 is 23.5. The normalized spacial score (nSPS) is 13.3. The summed E-state index contributed by atoms with van der Waals surface area (Å²) in [6.45, 7) is 2.95. The second-order valence-corrected chi connectivity index (χ2v) is 6.27. The summed E-state index contributed by atoms with van der Waals surface area (Å²) >= 11 is 0. The number of fused-ring (bicyclic) bond motifs is 1. The quantitative estimate of drug-likeness (QED) is 0.636. The molecule has 0 radical (unpaired) electrons. The summed E-state index contributed by atoms with van der Waals surface area (Å²) in [5.41, 5.74) is 0.216. The van der Waals surface area contributed by atoms with Crippen molar-refractivity contribution in [1.29, 1.82) is 0 Å². The number of nitrogens with zero attached hydrogens (tertiary/aromatic N) is 3. The predicted molar refractivity (Wildman–Crippen MR) is 97.2 cm³/mol. The lowest BCUT2D eigenvalue weighted by molar-refractivity contribution is 0.0926. The number of nitrogens with one attached hydrogen (secondary N) is 1. The van der Waals surface area contributed by atoms with E-state index in [1.54, 1.807) is 30.7 Å². The highest BCUT2D eigenvalue weighted by Crippen LogP contribution is 2.35. The molecule has 146 valence electrons. The third-order valence-corrected chi connectivity index (χ3v) is 4.31. The van der Waals surface area contributed by atoms with Crippen molar-refractivity contribution in [3.63, 3.8) is 0 Å². The van der Waals surface area contributed by atoms with Gasteiger partial charge in [-0.3, -0.25) is 4.79 Å². The Kier molecular flexibility index (Phi) is 5.14. The monoisotopic (exact) mass is 384 g/mol. The van der Waals surface area contributed by atoms with Crippen LogP contribution in [0.2, 0.25) is 0 Å². The van der Waals surface area contributed by atoms with Crippen LogP contribution >= 0.6 is 0 Å². The van der Waals surface area contributed by atoms with Crippen molar-refractivity contribution in [2.45, 2.75) is 32.5 Å². The molecule has 9 heteroatoms. The van der Waals surface area contributed by atoms with Crippen LogP contribution in [0.5, 0.6) is 17.2 Å². The lowest BCUT2D eigenvalue weighted by Gasteiger charge is -2.16. The number of hydrogen-bond donors (Lipinski definition) is 1. The van der Waals surface area contributed by atoms with E-state index in [1.165, 1.54) is 6.26 Å². The second-order valence-electron chi connectivity index (χ2n) is 6.27. The molecule has 1 amide bonds. The molecule has 9 nitrogen and oxygen atoms in total. The van der Waals surface area contributed by atoms with E-state index < -0.39 is 0 Å². The second kappa shape index (κ2) is 8.03. The minimum Gasteiger partial charge on any atom is -0.484 e. The first-order valence-electron chi connectivity index (χ1n) is 8.94. The lowest BCUT2D eigenvalue weighted by Crippen LogP contribution is -2.37. The smallest absolute Gasteiger partial charge is 0.273 e. The van der Waals surface area contributed by atoms with Crippen molar-refractivity contribution in [2.24, 2.45) is 0 Å². The maximum absolute atomic E-state index is 12.4. The molecule has 0 aliphatic carbocycles. The molecule has 1 unspecified atom stereocenters. The highest BCUT2D eigenvalue weighted by atomic mass is 16.7. The van der Waals surface area contributed by atoms with E-state index in [2.05, 4.69) is 15.3 Å². The van der Waals surface area contributed by atoms with Gasteiger partial charge in [-0.25, -0.2) is 9.97 Å². The Morgan fingerprint density at radius 3 is 3.07 bits per heavy atom. The van der Waals surface area contributed by atoms with E-state index in [-0.39, 0.29) is 31.0 Å². The highest BCUT2D eigenvalue weighted by molar-refractivity contribution is 5.92. The fourth-order valence-corrected chi connectivity index (χ4v) is 2.78. The Morgan fingerprint density at radius 1 is 1.36 bits per heavy atom. The number of oxazole rings is 1. The van der Waals surface area contributed by atoms with Crippen LogP contribution in [0.25, 0.3) is 0 Å². The number of carbonyl (C=O) groups is 1. The largest absolute Gasteiger partial charge is 0.484 e. The number of hydrogen-bond acceptors (Lipinski definition) is 7. The molecular weight excluding hydrogens is 364 g/mol. The van der Waals surface area contributed by atoms with Crippen LogP contribution in [0.15, 0.2) is 47.6 Å². The van der Waals surface area contributed by atoms with Gasteiger partial charge in [0.25, 0.3) is 5.91 Å². The molecule has 1 aromatic carbocycles. The average Bonchev–Trinajstić information content (AvgIpc) is 3.46. The number of imidazole rings is 1. The van der Waals surface area contributed by atoms with E-state index in [0.717, 1.165) is 6.42 Å². The van der Waals surface area contributed by atoms with E-state index in [4.69, 9.17) is 18.6 Å². The van der Waals surface area contributed by atoms with Gasteiger partial charge in [-0.2, -0.15) is 0 Å². The summed E-state index contributed by atoms with van der Waals surface area (Å²) in [5.74, 6) is 1.94. The van der Waals surface area contributed by atoms with Crippen molar-refractivity contribution in [2.75, 3.05) is 6.79 Å². The van der Waals surface area contributed by atoms with Crippen LogP contribution in [0.1, 0.15) is 29.7 Å². The third-order valence-electron chi connectivity index (χ3n) is 4.31. The molecule has 0 bridgehead atoms.